The molecule has 1 aromatic heterocycles. The highest BCUT2D eigenvalue weighted by molar-refractivity contribution is 9.10. The van der Waals surface area contributed by atoms with E-state index in [1.165, 1.54) is 0 Å². The molecule has 2 amide bonds. The van der Waals surface area contributed by atoms with Crippen LogP contribution in [-0.2, 0) is 20.9 Å². The van der Waals surface area contributed by atoms with E-state index in [1.807, 2.05) is 59.3 Å². The first kappa shape index (κ1) is 19.4. The number of ether oxygens (including phenoxy) is 1. The normalized spacial score (nSPS) is 14.3. The molecule has 2 aromatic carbocycles. The van der Waals surface area contributed by atoms with Gasteiger partial charge in [-0.2, -0.15) is 0 Å². The largest absolute Gasteiger partial charge is 0.383 e. The highest BCUT2D eigenvalue weighted by Crippen LogP contribution is 2.35. The third-order valence-corrected chi connectivity index (χ3v) is 5.32. The number of halogens is 1. The highest BCUT2D eigenvalue weighted by atomic mass is 79.9. The van der Waals surface area contributed by atoms with E-state index >= 15 is 0 Å². The molecule has 3 aromatic rings. The third kappa shape index (κ3) is 3.97. The molecule has 0 fully saturated rings. The second-order valence-electron chi connectivity index (χ2n) is 6.77. The molecule has 0 aliphatic carbocycles. The molecular weight excluding hydrogens is 434 g/mol. The van der Waals surface area contributed by atoms with Gasteiger partial charge in [-0.25, -0.2) is 0 Å². The van der Waals surface area contributed by atoms with Crippen molar-refractivity contribution in [2.45, 2.75) is 6.54 Å². The molecule has 148 valence electrons. The molecule has 2 heterocycles. The van der Waals surface area contributed by atoms with Crippen LogP contribution >= 0.6 is 15.9 Å². The Hall–Kier alpha value is -2.90. The first-order valence-corrected chi connectivity index (χ1v) is 10.0. The minimum Gasteiger partial charge on any atom is -0.383 e. The number of hydrogen-bond donors (Lipinski definition) is 2. The summed E-state index contributed by atoms with van der Waals surface area (Å²) in [4.78, 5) is 24.8. The van der Waals surface area contributed by atoms with Gasteiger partial charge in [0.25, 0.3) is 5.91 Å². The summed E-state index contributed by atoms with van der Waals surface area (Å²) >= 11 is 3.52. The fraction of sp³-hybridized carbons (Fsp3) is 0.182. The fourth-order valence-corrected chi connectivity index (χ4v) is 3.84. The van der Waals surface area contributed by atoms with Crippen LogP contribution < -0.4 is 10.6 Å². The first-order chi connectivity index (χ1) is 14.1. The van der Waals surface area contributed by atoms with Crippen molar-refractivity contribution in [2.24, 2.45) is 0 Å². The number of methoxy groups -OCH3 is 1. The van der Waals surface area contributed by atoms with Gasteiger partial charge in [-0.3, -0.25) is 9.59 Å². The Morgan fingerprint density at radius 3 is 2.93 bits per heavy atom. The van der Waals surface area contributed by atoms with Crippen molar-refractivity contribution in [3.8, 4) is 0 Å². The smallest absolute Gasteiger partial charge is 0.256 e. The van der Waals surface area contributed by atoms with E-state index < -0.39 is 0 Å². The maximum atomic E-state index is 12.5. The Labute approximate surface area is 176 Å². The van der Waals surface area contributed by atoms with Gasteiger partial charge >= 0.3 is 0 Å². The molecule has 0 bridgehead atoms. The highest BCUT2D eigenvalue weighted by Gasteiger charge is 2.24. The lowest BCUT2D eigenvalue weighted by Crippen LogP contribution is -2.30. The number of carbonyl (C=O) groups excluding carboxylic acids is 2. The van der Waals surface area contributed by atoms with Gasteiger partial charge in [0, 0.05) is 57.6 Å². The van der Waals surface area contributed by atoms with Crippen molar-refractivity contribution in [3.05, 3.63) is 64.3 Å². The average molecular weight is 454 g/mol. The summed E-state index contributed by atoms with van der Waals surface area (Å²) in [7, 11) is 1.60. The molecule has 0 radical (unpaired) electrons. The molecule has 6 nitrogen and oxygen atoms in total. The van der Waals surface area contributed by atoms with Crippen molar-refractivity contribution in [2.75, 3.05) is 25.6 Å². The SMILES string of the molecule is COCCNC(=O)Cn1cc(C=C2C(=O)Nc3ccccc32)c2cc(Br)ccc21. The number of anilines is 1. The van der Waals surface area contributed by atoms with E-state index in [1.54, 1.807) is 7.11 Å². The van der Waals surface area contributed by atoms with Crippen LogP contribution in [0.5, 0.6) is 0 Å². The second-order valence-corrected chi connectivity index (χ2v) is 7.69. The van der Waals surface area contributed by atoms with E-state index in [0.717, 1.165) is 32.2 Å². The van der Waals surface area contributed by atoms with Crippen molar-refractivity contribution in [1.82, 2.24) is 9.88 Å². The van der Waals surface area contributed by atoms with Crippen molar-refractivity contribution in [3.63, 3.8) is 0 Å². The van der Waals surface area contributed by atoms with E-state index in [9.17, 15) is 9.59 Å². The summed E-state index contributed by atoms with van der Waals surface area (Å²) in [5.74, 6) is -0.218. The van der Waals surface area contributed by atoms with Crippen LogP contribution in [0.15, 0.2) is 53.1 Å². The van der Waals surface area contributed by atoms with Gasteiger partial charge in [-0.1, -0.05) is 34.1 Å². The molecule has 0 saturated carbocycles. The van der Waals surface area contributed by atoms with Crippen LogP contribution in [0.4, 0.5) is 5.69 Å². The predicted octanol–water partition coefficient (Wildman–Crippen LogP) is 3.66. The number of para-hydroxylation sites is 1. The molecule has 0 atom stereocenters. The zero-order valence-electron chi connectivity index (χ0n) is 15.9. The molecule has 1 aliphatic heterocycles. The average Bonchev–Trinajstić information content (AvgIpc) is 3.19. The Morgan fingerprint density at radius 2 is 2.10 bits per heavy atom. The Balaban J connectivity index is 1.73. The zero-order valence-corrected chi connectivity index (χ0v) is 17.5. The van der Waals surface area contributed by atoms with Crippen LogP contribution in [-0.4, -0.2) is 36.6 Å². The summed E-state index contributed by atoms with van der Waals surface area (Å²) in [5.41, 5.74) is 4.11. The quantitative estimate of drug-likeness (QED) is 0.441. The minimum atomic E-state index is -0.126. The fourth-order valence-electron chi connectivity index (χ4n) is 3.48. The minimum absolute atomic E-state index is 0.0926. The summed E-state index contributed by atoms with van der Waals surface area (Å²) in [5, 5.41) is 6.70. The molecule has 2 N–H and O–H groups in total. The lowest BCUT2D eigenvalue weighted by molar-refractivity contribution is -0.121. The van der Waals surface area contributed by atoms with Crippen LogP contribution in [0.3, 0.4) is 0 Å². The molecule has 0 saturated heterocycles. The molecule has 4 rings (SSSR count). The second kappa shape index (κ2) is 8.23. The topological polar surface area (TPSA) is 72.4 Å². The van der Waals surface area contributed by atoms with E-state index in [4.69, 9.17) is 4.74 Å². The van der Waals surface area contributed by atoms with E-state index in [0.29, 0.717) is 18.7 Å². The van der Waals surface area contributed by atoms with Crippen LogP contribution in [0.25, 0.3) is 22.6 Å². The monoisotopic (exact) mass is 453 g/mol. The molecule has 0 unspecified atom stereocenters. The summed E-state index contributed by atoms with van der Waals surface area (Å²) in [6.07, 6.45) is 3.80. The molecular formula is C22H20BrN3O3. The van der Waals surface area contributed by atoms with E-state index in [-0.39, 0.29) is 18.4 Å². The number of nitrogens with one attached hydrogen (secondary N) is 2. The van der Waals surface area contributed by atoms with Crippen LogP contribution in [0.1, 0.15) is 11.1 Å². The first-order valence-electron chi connectivity index (χ1n) is 9.23. The van der Waals surface area contributed by atoms with Crippen LogP contribution in [0.2, 0.25) is 0 Å². The Kier molecular flexibility index (Phi) is 5.51. The number of hydrogen-bond acceptors (Lipinski definition) is 3. The van der Waals surface area contributed by atoms with Gasteiger partial charge < -0.3 is 19.9 Å². The van der Waals surface area contributed by atoms with Gasteiger partial charge in [-0.05, 0) is 30.3 Å². The van der Waals surface area contributed by atoms with Gasteiger partial charge in [0.05, 0.1) is 6.61 Å². The van der Waals surface area contributed by atoms with Gasteiger partial charge in [-0.15, -0.1) is 0 Å². The van der Waals surface area contributed by atoms with Gasteiger partial charge in [0.15, 0.2) is 0 Å². The number of aromatic nitrogens is 1. The Morgan fingerprint density at radius 1 is 1.28 bits per heavy atom. The maximum absolute atomic E-state index is 12.5. The summed E-state index contributed by atoms with van der Waals surface area (Å²) in [6, 6.07) is 13.5. The molecule has 1 aliphatic rings. The van der Waals surface area contributed by atoms with Crippen molar-refractivity contribution in [1.29, 1.82) is 0 Å². The van der Waals surface area contributed by atoms with Gasteiger partial charge in [0.2, 0.25) is 5.91 Å². The molecule has 29 heavy (non-hydrogen) atoms. The number of nitrogens with zero attached hydrogens (tertiary/aromatic N) is 1. The van der Waals surface area contributed by atoms with Gasteiger partial charge in [0.1, 0.15) is 6.54 Å². The van der Waals surface area contributed by atoms with E-state index in [2.05, 4.69) is 26.6 Å². The number of carbonyl (C=O) groups is 2. The molecule has 0 spiro atoms. The van der Waals surface area contributed by atoms with Crippen molar-refractivity contribution < 1.29 is 14.3 Å². The summed E-state index contributed by atoms with van der Waals surface area (Å²) < 4.78 is 7.80. The number of benzene rings is 2. The number of fused-ring (bicyclic) bond motifs is 2. The zero-order chi connectivity index (χ0) is 20.4. The number of amides is 2. The maximum Gasteiger partial charge on any atom is 0.256 e. The standard InChI is InChI=1S/C22H20BrN3O3/c1-29-9-8-24-21(27)13-26-12-14(17-11-15(23)6-7-20(17)26)10-18-16-4-2-3-5-19(16)25-22(18)28/h2-7,10-12H,8-9,13H2,1H3,(H,24,27)(H,25,28). The van der Waals surface area contributed by atoms with Crippen molar-refractivity contribution >= 4 is 56.0 Å². The number of rotatable bonds is 6. The lowest BCUT2D eigenvalue weighted by atomic mass is 10.0. The summed E-state index contributed by atoms with van der Waals surface area (Å²) in [6.45, 7) is 1.12. The third-order valence-electron chi connectivity index (χ3n) is 4.83. The Bertz CT molecular complexity index is 1130. The lowest BCUT2D eigenvalue weighted by Gasteiger charge is -2.07. The molecule has 7 heteroatoms. The predicted molar refractivity (Wildman–Crippen MR) is 117 cm³/mol. The van der Waals surface area contributed by atoms with Crippen LogP contribution in [0, 0.1) is 0 Å².